The van der Waals surface area contributed by atoms with E-state index in [0.29, 0.717) is 11.6 Å². The molecular formula is C17H20ClNO. The molecule has 0 aliphatic carbocycles. The minimum atomic E-state index is 0.251. The van der Waals surface area contributed by atoms with Crippen LogP contribution in [0.1, 0.15) is 23.6 Å². The number of aryl methyl sites for hydroxylation is 1. The molecule has 2 nitrogen and oxygen atoms in total. The molecule has 1 N–H and O–H groups in total. The lowest BCUT2D eigenvalue weighted by Gasteiger charge is -2.26. The van der Waals surface area contributed by atoms with Crippen LogP contribution in [-0.2, 0) is 6.54 Å². The van der Waals surface area contributed by atoms with Crippen LogP contribution in [0.4, 0.5) is 5.69 Å². The molecule has 0 atom stereocenters. The second kappa shape index (κ2) is 6.19. The Kier molecular flexibility index (Phi) is 4.56. The van der Waals surface area contributed by atoms with Crippen LogP contribution in [0, 0.1) is 13.8 Å². The molecule has 0 aromatic heterocycles. The molecule has 0 aliphatic rings. The number of hydrogen-bond acceptors (Lipinski definition) is 2. The summed E-state index contributed by atoms with van der Waals surface area (Å²) in [5.41, 5.74) is 4.72. The SMILES string of the molecule is CCN(Cc1cc(O)ccc1Cl)c1cccc(C)c1C. The van der Waals surface area contributed by atoms with Crippen molar-refractivity contribution in [3.05, 3.63) is 58.1 Å². The zero-order valence-corrected chi connectivity index (χ0v) is 12.9. The van der Waals surface area contributed by atoms with Gasteiger partial charge < -0.3 is 10.0 Å². The molecule has 2 rings (SSSR count). The molecule has 106 valence electrons. The van der Waals surface area contributed by atoms with Gasteiger partial charge in [0.2, 0.25) is 0 Å². The molecule has 0 spiro atoms. The number of halogens is 1. The Labute approximate surface area is 125 Å². The maximum atomic E-state index is 9.62. The first kappa shape index (κ1) is 14.7. The van der Waals surface area contributed by atoms with Crippen LogP contribution in [0.3, 0.4) is 0 Å². The van der Waals surface area contributed by atoms with E-state index in [4.69, 9.17) is 11.6 Å². The van der Waals surface area contributed by atoms with E-state index in [9.17, 15) is 5.11 Å². The van der Waals surface area contributed by atoms with E-state index in [-0.39, 0.29) is 5.75 Å². The van der Waals surface area contributed by atoms with E-state index in [2.05, 4.69) is 43.9 Å². The number of benzene rings is 2. The smallest absolute Gasteiger partial charge is 0.116 e. The van der Waals surface area contributed by atoms with E-state index in [1.165, 1.54) is 16.8 Å². The predicted molar refractivity (Wildman–Crippen MR) is 85.8 cm³/mol. The van der Waals surface area contributed by atoms with Crippen LogP contribution in [0.15, 0.2) is 36.4 Å². The molecule has 0 aliphatic heterocycles. The average Bonchev–Trinajstić information content (AvgIpc) is 2.43. The molecule has 0 fully saturated rings. The maximum Gasteiger partial charge on any atom is 0.116 e. The molecule has 0 radical (unpaired) electrons. The van der Waals surface area contributed by atoms with Crippen LogP contribution in [-0.4, -0.2) is 11.7 Å². The molecule has 2 aromatic rings. The van der Waals surface area contributed by atoms with Gasteiger partial charge in [-0.3, -0.25) is 0 Å². The van der Waals surface area contributed by atoms with Crippen molar-refractivity contribution >= 4 is 17.3 Å². The molecule has 0 bridgehead atoms. The molecule has 0 unspecified atom stereocenters. The summed E-state index contributed by atoms with van der Waals surface area (Å²) in [5, 5.41) is 10.3. The number of rotatable bonds is 4. The Balaban J connectivity index is 2.34. The number of nitrogens with zero attached hydrogens (tertiary/aromatic N) is 1. The lowest BCUT2D eigenvalue weighted by atomic mass is 10.1. The molecular weight excluding hydrogens is 270 g/mol. The van der Waals surface area contributed by atoms with Crippen molar-refractivity contribution in [2.75, 3.05) is 11.4 Å². The van der Waals surface area contributed by atoms with Gasteiger partial charge in [0.1, 0.15) is 5.75 Å². The van der Waals surface area contributed by atoms with E-state index in [1.807, 2.05) is 0 Å². The van der Waals surface area contributed by atoms with Gasteiger partial charge in [-0.1, -0.05) is 23.7 Å². The minimum absolute atomic E-state index is 0.251. The molecule has 0 heterocycles. The van der Waals surface area contributed by atoms with Gasteiger partial charge in [0.25, 0.3) is 0 Å². The largest absolute Gasteiger partial charge is 0.508 e. The van der Waals surface area contributed by atoms with Gasteiger partial charge in [-0.15, -0.1) is 0 Å². The van der Waals surface area contributed by atoms with Crippen LogP contribution >= 0.6 is 11.6 Å². The van der Waals surface area contributed by atoms with E-state index >= 15 is 0 Å². The van der Waals surface area contributed by atoms with Crippen molar-refractivity contribution in [3.8, 4) is 5.75 Å². The maximum absolute atomic E-state index is 9.62. The topological polar surface area (TPSA) is 23.5 Å². The predicted octanol–water partition coefficient (Wildman–Crippen LogP) is 4.69. The lowest BCUT2D eigenvalue weighted by molar-refractivity contribution is 0.474. The Morgan fingerprint density at radius 2 is 1.90 bits per heavy atom. The van der Waals surface area contributed by atoms with Crippen LogP contribution in [0.5, 0.6) is 5.75 Å². The van der Waals surface area contributed by atoms with Crippen molar-refractivity contribution < 1.29 is 5.11 Å². The van der Waals surface area contributed by atoms with Gasteiger partial charge in [-0.25, -0.2) is 0 Å². The number of hydrogen-bond donors (Lipinski definition) is 1. The van der Waals surface area contributed by atoms with Crippen molar-refractivity contribution in [1.29, 1.82) is 0 Å². The number of phenols is 1. The lowest BCUT2D eigenvalue weighted by Crippen LogP contribution is -2.23. The number of anilines is 1. The fourth-order valence-electron chi connectivity index (χ4n) is 2.33. The summed E-state index contributed by atoms with van der Waals surface area (Å²) in [6.07, 6.45) is 0. The van der Waals surface area contributed by atoms with Gasteiger partial charge in [-0.2, -0.15) is 0 Å². The summed E-state index contributed by atoms with van der Waals surface area (Å²) >= 11 is 6.22. The Hall–Kier alpha value is -1.67. The number of phenolic OH excluding ortho intramolecular Hbond substituents is 1. The summed E-state index contributed by atoms with van der Waals surface area (Å²) in [6, 6.07) is 11.4. The molecule has 3 heteroatoms. The van der Waals surface area contributed by atoms with Crippen molar-refractivity contribution in [3.63, 3.8) is 0 Å². The summed E-state index contributed by atoms with van der Waals surface area (Å²) in [5.74, 6) is 0.251. The van der Waals surface area contributed by atoms with Crippen LogP contribution < -0.4 is 4.90 Å². The van der Waals surface area contributed by atoms with Gasteiger partial charge in [0, 0.05) is 23.8 Å². The summed E-state index contributed by atoms with van der Waals surface area (Å²) in [6.45, 7) is 7.95. The third kappa shape index (κ3) is 3.07. The van der Waals surface area contributed by atoms with Gasteiger partial charge in [-0.05, 0) is 61.7 Å². The quantitative estimate of drug-likeness (QED) is 0.883. The normalized spacial score (nSPS) is 10.6. The first-order valence-corrected chi connectivity index (χ1v) is 7.19. The highest BCUT2D eigenvalue weighted by Gasteiger charge is 2.11. The Bertz CT molecular complexity index is 610. The Morgan fingerprint density at radius 3 is 2.60 bits per heavy atom. The summed E-state index contributed by atoms with van der Waals surface area (Å²) in [4.78, 5) is 2.27. The number of aromatic hydroxyl groups is 1. The second-order valence-corrected chi connectivity index (χ2v) is 5.42. The van der Waals surface area contributed by atoms with E-state index in [1.54, 1.807) is 18.2 Å². The van der Waals surface area contributed by atoms with E-state index in [0.717, 1.165) is 12.1 Å². The third-order valence-corrected chi connectivity index (χ3v) is 4.06. The highest BCUT2D eigenvalue weighted by molar-refractivity contribution is 6.31. The van der Waals surface area contributed by atoms with Crippen LogP contribution in [0.2, 0.25) is 5.02 Å². The first-order chi connectivity index (χ1) is 9.52. The van der Waals surface area contributed by atoms with Crippen molar-refractivity contribution in [1.82, 2.24) is 0 Å². The highest BCUT2D eigenvalue weighted by atomic mass is 35.5. The molecule has 20 heavy (non-hydrogen) atoms. The van der Waals surface area contributed by atoms with Crippen LogP contribution in [0.25, 0.3) is 0 Å². The first-order valence-electron chi connectivity index (χ1n) is 6.81. The standard InChI is InChI=1S/C17H20ClNO/c1-4-19(17-7-5-6-12(2)13(17)3)11-14-10-15(20)8-9-16(14)18/h5-10,20H,4,11H2,1-3H3. The third-order valence-electron chi connectivity index (χ3n) is 3.69. The molecule has 0 amide bonds. The van der Waals surface area contributed by atoms with E-state index < -0.39 is 0 Å². The van der Waals surface area contributed by atoms with Gasteiger partial charge in [0.05, 0.1) is 0 Å². The summed E-state index contributed by atoms with van der Waals surface area (Å²) in [7, 11) is 0. The van der Waals surface area contributed by atoms with Crippen molar-refractivity contribution in [2.24, 2.45) is 0 Å². The Morgan fingerprint density at radius 1 is 1.15 bits per heavy atom. The minimum Gasteiger partial charge on any atom is -0.508 e. The monoisotopic (exact) mass is 289 g/mol. The highest BCUT2D eigenvalue weighted by Crippen LogP contribution is 2.27. The fraction of sp³-hybridized carbons (Fsp3) is 0.294. The fourth-order valence-corrected chi connectivity index (χ4v) is 2.51. The zero-order valence-electron chi connectivity index (χ0n) is 12.2. The zero-order chi connectivity index (χ0) is 14.7. The van der Waals surface area contributed by atoms with Crippen molar-refractivity contribution in [2.45, 2.75) is 27.3 Å². The summed E-state index contributed by atoms with van der Waals surface area (Å²) < 4.78 is 0. The molecule has 0 saturated heterocycles. The molecule has 0 saturated carbocycles. The second-order valence-electron chi connectivity index (χ2n) is 5.01. The van der Waals surface area contributed by atoms with Gasteiger partial charge >= 0.3 is 0 Å². The molecule has 2 aromatic carbocycles. The average molecular weight is 290 g/mol. The van der Waals surface area contributed by atoms with Gasteiger partial charge in [0.15, 0.2) is 0 Å².